The minimum atomic E-state index is -3.35. The maximum absolute atomic E-state index is 12.6. The normalized spacial score (nSPS) is 15.7. The summed E-state index contributed by atoms with van der Waals surface area (Å²) in [6.45, 7) is 7.95. The van der Waals surface area contributed by atoms with Gasteiger partial charge >= 0.3 is 0 Å². The van der Waals surface area contributed by atoms with E-state index in [2.05, 4.69) is 18.8 Å². The Morgan fingerprint density at radius 2 is 2.25 bits per heavy atom. The first-order chi connectivity index (χ1) is 9.59. The molecule has 1 aromatic heterocycles. The molecule has 1 N–H and O–H groups in total. The van der Waals surface area contributed by atoms with E-state index in [0.29, 0.717) is 10.8 Å². The average molecular weight is 314 g/mol. The van der Waals surface area contributed by atoms with Gasteiger partial charge in [0.2, 0.25) is 0 Å². The van der Waals surface area contributed by atoms with Crippen LogP contribution in [0, 0.1) is 0 Å². The van der Waals surface area contributed by atoms with E-state index >= 15 is 0 Å². The van der Waals surface area contributed by atoms with Crippen molar-refractivity contribution in [2.45, 2.75) is 36.4 Å². The van der Waals surface area contributed by atoms with Gasteiger partial charge in [-0.1, -0.05) is 13.0 Å². The molecule has 1 aliphatic carbocycles. The van der Waals surface area contributed by atoms with Crippen molar-refractivity contribution >= 4 is 21.4 Å². The molecule has 0 radical (unpaired) electrons. The van der Waals surface area contributed by atoms with Gasteiger partial charge in [-0.05, 0) is 44.5 Å². The number of nitrogens with zero attached hydrogens (tertiary/aromatic N) is 1. The minimum absolute atomic E-state index is 0.172. The Morgan fingerprint density at radius 1 is 1.50 bits per heavy atom. The van der Waals surface area contributed by atoms with Crippen LogP contribution in [0.15, 0.2) is 29.0 Å². The first kappa shape index (κ1) is 15.7. The van der Waals surface area contributed by atoms with Gasteiger partial charge in [0, 0.05) is 17.5 Å². The van der Waals surface area contributed by atoms with Crippen molar-refractivity contribution in [3.8, 4) is 0 Å². The molecule has 2 rings (SSSR count). The Morgan fingerprint density at radius 3 is 2.85 bits per heavy atom. The van der Waals surface area contributed by atoms with E-state index in [-0.39, 0.29) is 6.04 Å². The molecule has 1 saturated carbocycles. The summed E-state index contributed by atoms with van der Waals surface area (Å²) in [7, 11) is -3.35. The molecule has 112 valence electrons. The predicted octanol–water partition coefficient (Wildman–Crippen LogP) is 2.24. The van der Waals surface area contributed by atoms with Gasteiger partial charge in [-0.25, -0.2) is 8.42 Å². The third kappa shape index (κ3) is 3.69. The van der Waals surface area contributed by atoms with Crippen molar-refractivity contribution < 1.29 is 8.42 Å². The molecule has 1 aliphatic rings. The summed E-state index contributed by atoms with van der Waals surface area (Å²) >= 11 is 1.39. The molecular formula is C14H22N2O2S2. The highest BCUT2D eigenvalue weighted by Crippen LogP contribution is 2.34. The molecule has 0 unspecified atom stereocenters. The highest BCUT2D eigenvalue weighted by molar-refractivity contribution is 7.91. The maximum Gasteiger partial charge on any atom is 0.253 e. The number of thiophene rings is 1. The fraction of sp³-hybridized carbons (Fsp3) is 0.571. The number of likely N-dealkylation sites (N-methyl/N-ethyl adjacent to an activating group) is 1. The smallest absolute Gasteiger partial charge is 0.253 e. The number of rotatable bonds is 9. The van der Waals surface area contributed by atoms with Gasteiger partial charge in [-0.2, -0.15) is 4.31 Å². The van der Waals surface area contributed by atoms with E-state index in [1.807, 2.05) is 6.07 Å². The van der Waals surface area contributed by atoms with E-state index in [9.17, 15) is 8.42 Å². The second-order valence-electron chi connectivity index (χ2n) is 4.92. The minimum Gasteiger partial charge on any atom is -0.317 e. The van der Waals surface area contributed by atoms with E-state index in [1.54, 1.807) is 16.4 Å². The van der Waals surface area contributed by atoms with E-state index < -0.39 is 10.0 Å². The van der Waals surface area contributed by atoms with Crippen LogP contribution in [0.2, 0.25) is 0 Å². The second-order valence-corrected chi connectivity index (χ2v) is 8.20. The molecule has 0 saturated heterocycles. The van der Waals surface area contributed by atoms with Gasteiger partial charge in [-0.3, -0.25) is 0 Å². The molecule has 0 aliphatic heterocycles. The second kappa shape index (κ2) is 6.85. The van der Waals surface area contributed by atoms with Gasteiger partial charge < -0.3 is 5.32 Å². The zero-order valence-corrected chi connectivity index (χ0v) is 13.5. The monoisotopic (exact) mass is 314 g/mol. The molecule has 1 heterocycles. The molecule has 0 bridgehead atoms. The number of hydrogen-bond acceptors (Lipinski definition) is 4. The van der Waals surface area contributed by atoms with Crippen molar-refractivity contribution in [2.24, 2.45) is 0 Å². The summed E-state index contributed by atoms with van der Waals surface area (Å²) in [6, 6.07) is 3.83. The molecule has 6 heteroatoms. The fourth-order valence-corrected chi connectivity index (χ4v) is 5.21. The Labute approximate surface area is 125 Å². The summed E-state index contributed by atoms with van der Waals surface area (Å²) in [4.78, 5) is 1.11. The third-order valence-electron chi connectivity index (χ3n) is 3.26. The largest absolute Gasteiger partial charge is 0.317 e. The van der Waals surface area contributed by atoms with Crippen LogP contribution in [-0.2, 0) is 16.4 Å². The summed E-state index contributed by atoms with van der Waals surface area (Å²) in [5.41, 5.74) is 0. The number of sulfonamides is 1. The molecule has 0 atom stereocenters. The Kier molecular flexibility index (Phi) is 5.37. The van der Waals surface area contributed by atoms with Gasteiger partial charge in [0.15, 0.2) is 0 Å². The van der Waals surface area contributed by atoms with Crippen LogP contribution in [0.3, 0.4) is 0 Å². The highest BCUT2D eigenvalue weighted by atomic mass is 32.2. The SMILES string of the molecule is C=CCN(C1CC1)S(=O)(=O)c1ccc(CCNCC)s1. The molecule has 1 aromatic rings. The van der Waals surface area contributed by atoms with Crippen molar-refractivity contribution in [1.82, 2.24) is 9.62 Å². The van der Waals surface area contributed by atoms with Gasteiger partial charge in [-0.15, -0.1) is 17.9 Å². The lowest BCUT2D eigenvalue weighted by Crippen LogP contribution is -2.32. The lowest BCUT2D eigenvalue weighted by Gasteiger charge is -2.18. The summed E-state index contributed by atoms with van der Waals surface area (Å²) in [5.74, 6) is 0. The average Bonchev–Trinajstić information content (AvgIpc) is 3.13. The van der Waals surface area contributed by atoms with Crippen LogP contribution < -0.4 is 5.32 Å². The Balaban J connectivity index is 2.10. The van der Waals surface area contributed by atoms with Gasteiger partial charge in [0.05, 0.1) is 0 Å². The molecule has 20 heavy (non-hydrogen) atoms. The first-order valence-electron chi connectivity index (χ1n) is 7.01. The van der Waals surface area contributed by atoms with Crippen molar-refractivity contribution in [1.29, 1.82) is 0 Å². The maximum atomic E-state index is 12.6. The van der Waals surface area contributed by atoms with Gasteiger partial charge in [0.25, 0.3) is 10.0 Å². The lowest BCUT2D eigenvalue weighted by atomic mass is 10.3. The number of nitrogens with one attached hydrogen (secondary N) is 1. The van der Waals surface area contributed by atoms with Crippen molar-refractivity contribution in [3.05, 3.63) is 29.7 Å². The van der Waals surface area contributed by atoms with E-state index in [1.165, 1.54) is 11.3 Å². The van der Waals surface area contributed by atoms with Gasteiger partial charge in [0.1, 0.15) is 4.21 Å². The standard InChI is InChI=1S/C14H22N2O2S2/c1-3-11-16(12-5-6-12)20(17,18)14-8-7-13(19-14)9-10-15-4-2/h3,7-8,12,15H,1,4-6,9-11H2,2H3. The lowest BCUT2D eigenvalue weighted by molar-refractivity contribution is 0.437. The van der Waals surface area contributed by atoms with E-state index in [0.717, 1.165) is 37.2 Å². The molecule has 1 fully saturated rings. The zero-order valence-electron chi connectivity index (χ0n) is 11.8. The topological polar surface area (TPSA) is 49.4 Å². The summed E-state index contributed by atoms with van der Waals surface area (Å²) in [6.07, 6.45) is 4.46. The van der Waals surface area contributed by atoms with Crippen LogP contribution in [0.5, 0.6) is 0 Å². The van der Waals surface area contributed by atoms with Crippen molar-refractivity contribution in [3.63, 3.8) is 0 Å². The summed E-state index contributed by atoms with van der Waals surface area (Å²) in [5, 5.41) is 3.25. The quantitative estimate of drug-likeness (QED) is 0.562. The van der Waals surface area contributed by atoms with Crippen LogP contribution in [0.25, 0.3) is 0 Å². The third-order valence-corrected chi connectivity index (χ3v) is 6.79. The summed E-state index contributed by atoms with van der Waals surface area (Å²) < 4.78 is 27.3. The fourth-order valence-electron chi connectivity index (χ4n) is 2.07. The highest BCUT2D eigenvalue weighted by Gasteiger charge is 2.37. The Bertz CT molecular complexity index is 547. The Hall–Kier alpha value is -0.690. The molecular weight excluding hydrogens is 292 g/mol. The van der Waals surface area contributed by atoms with Crippen LogP contribution in [0.4, 0.5) is 0 Å². The van der Waals surface area contributed by atoms with Crippen LogP contribution in [0.1, 0.15) is 24.6 Å². The first-order valence-corrected chi connectivity index (χ1v) is 9.27. The van der Waals surface area contributed by atoms with Crippen LogP contribution in [-0.4, -0.2) is 38.4 Å². The molecule has 0 aromatic carbocycles. The number of hydrogen-bond donors (Lipinski definition) is 1. The van der Waals surface area contributed by atoms with Crippen LogP contribution >= 0.6 is 11.3 Å². The van der Waals surface area contributed by atoms with E-state index in [4.69, 9.17) is 0 Å². The van der Waals surface area contributed by atoms with Crippen molar-refractivity contribution in [2.75, 3.05) is 19.6 Å². The predicted molar refractivity (Wildman–Crippen MR) is 83.7 cm³/mol. The zero-order chi connectivity index (χ0) is 14.6. The molecule has 0 amide bonds. The molecule has 0 spiro atoms. The molecule has 4 nitrogen and oxygen atoms in total.